The Kier molecular flexibility index (Phi) is 8.23. The lowest BCUT2D eigenvalue weighted by molar-refractivity contribution is -0.105. The second-order valence-electron chi connectivity index (χ2n) is 9.28. The summed E-state index contributed by atoms with van der Waals surface area (Å²) in [5.74, 6) is 2.51. The summed E-state index contributed by atoms with van der Waals surface area (Å²) in [6.45, 7) is 2.25. The molecule has 7 nitrogen and oxygen atoms in total. The number of para-hydroxylation sites is 1. The van der Waals surface area contributed by atoms with E-state index in [9.17, 15) is 4.79 Å². The molecular formula is C29H35N5O2. The lowest BCUT2D eigenvalue weighted by atomic mass is 9.98. The first kappa shape index (κ1) is 25.3. The number of carbonyl (C=O) groups excluding carboxylic acids is 1. The number of methoxy groups -OCH3 is 1. The largest absolute Gasteiger partial charge is 0.496 e. The maximum Gasteiger partial charge on any atom is 0.211 e. The molecule has 1 atom stereocenters. The van der Waals surface area contributed by atoms with Crippen molar-refractivity contribution in [3.8, 4) is 17.0 Å². The van der Waals surface area contributed by atoms with Gasteiger partial charge in [0.1, 0.15) is 17.3 Å². The number of amides is 1. The average molecular weight is 486 g/mol. The lowest BCUT2D eigenvalue weighted by Crippen LogP contribution is -2.31. The highest BCUT2D eigenvalue weighted by Crippen LogP contribution is 2.35. The van der Waals surface area contributed by atoms with Crippen molar-refractivity contribution in [2.24, 2.45) is 0 Å². The smallest absolute Gasteiger partial charge is 0.211 e. The number of imidazole rings is 1. The van der Waals surface area contributed by atoms with E-state index in [4.69, 9.17) is 9.72 Å². The van der Waals surface area contributed by atoms with Gasteiger partial charge in [-0.1, -0.05) is 18.2 Å². The van der Waals surface area contributed by atoms with Crippen LogP contribution in [0.2, 0.25) is 0 Å². The fourth-order valence-corrected chi connectivity index (χ4v) is 4.69. The summed E-state index contributed by atoms with van der Waals surface area (Å²) in [5.41, 5.74) is 5.14. The van der Waals surface area contributed by atoms with Gasteiger partial charge in [-0.15, -0.1) is 0 Å². The predicted molar refractivity (Wildman–Crippen MR) is 147 cm³/mol. The number of anilines is 2. The first-order valence-electron chi connectivity index (χ1n) is 12.3. The van der Waals surface area contributed by atoms with Crippen LogP contribution in [0.1, 0.15) is 24.6 Å². The Balaban J connectivity index is 0.000000214. The molecule has 1 fully saturated rings. The summed E-state index contributed by atoms with van der Waals surface area (Å²) >= 11 is 0. The highest BCUT2D eigenvalue weighted by molar-refractivity contribution is 5.81. The molecule has 2 aromatic carbocycles. The fourth-order valence-electron chi connectivity index (χ4n) is 4.69. The first-order valence-corrected chi connectivity index (χ1v) is 12.3. The molecule has 7 heteroatoms. The van der Waals surface area contributed by atoms with Crippen molar-refractivity contribution < 1.29 is 9.53 Å². The molecule has 188 valence electrons. The van der Waals surface area contributed by atoms with Crippen LogP contribution in [0.25, 0.3) is 16.8 Å². The van der Waals surface area contributed by atoms with E-state index in [0.717, 1.165) is 46.3 Å². The zero-order chi connectivity index (χ0) is 25.5. The number of nitrogens with zero attached hydrogens (tertiary/aromatic N) is 4. The molecule has 1 aliphatic heterocycles. The van der Waals surface area contributed by atoms with E-state index in [-0.39, 0.29) is 0 Å². The van der Waals surface area contributed by atoms with Crippen LogP contribution in [0.4, 0.5) is 11.4 Å². The summed E-state index contributed by atoms with van der Waals surface area (Å²) in [4.78, 5) is 19.6. The van der Waals surface area contributed by atoms with Crippen molar-refractivity contribution in [3.05, 3.63) is 78.8 Å². The molecule has 1 amide bonds. The standard InChI is InChI=1S/C20H23N3O.C9H12N2O/c1-22-12-7-8-15(14-22)20-21-19(17-10-5-6-13-23(17)20)16-9-3-4-11-18(16)24-2;1-11(2)9-5-3-8(4-6-9)10-7-12/h3-6,9-11,13,15H,7-8,12,14H2,1-2H3;3-7H,1-2H3,(H,10,12). The zero-order valence-corrected chi connectivity index (χ0v) is 21.5. The van der Waals surface area contributed by atoms with Crippen LogP contribution in [0.15, 0.2) is 72.9 Å². The number of likely N-dealkylation sites (tertiary alicyclic amines) is 1. The third kappa shape index (κ3) is 5.69. The van der Waals surface area contributed by atoms with Gasteiger partial charge >= 0.3 is 0 Å². The molecule has 5 rings (SSSR count). The van der Waals surface area contributed by atoms with Crippen molar-refractivity contribution >= 4 is 23.3 Å². The number of hydrogen-bond donors (Lipinski definition) is 1. The highest BCUT2D eigenvalue weighted by Gasteiger charge is 2.25. The number of likely N-dealkylation sites (N-methyl/N-ethyl adjacent to an activating group) is 1. The molecule has 0 saturated carbocycles. The molecule has 4 aromatic rings. The minimum Gasteiger partial charge on any atom is -0.496 e. The Bertz CT molecular complexity index is 1280. The highest BCUT2D eigenvalue weighted by atomic mass is 16.5. The first-order chi connectivity index (χ1) is 17.5. The summed E-state index contributed by atoms with van der Waals surface area (Å²) in [5, 5.41) is 2.57. The Hall–Kier alpha value is -3.84. The molecule has 0 bridgehead atoms. The summed E-state index contributed by atoms with van der Waals surface area (Å²) < 4.78 is 7.82. The number of nitrogens with one attached hydrogen (secondary N) is 1. The zero-order valence-electron chi connectivity index (χ0n) is 21.5. The van der Waals surface area contributed by atoms with E-state index in [2.05, 4.69) is 52.1 Å². The number of pyridine rings is 1. The number of benzene rings is 2. The van der Waals surface area contributed by atoms with Gasteiger partial charge in [0.05, 0.1) is 12.6 Å². The monoisotopic (exact) mass is 485 g/mol. The number of carbonyl (C=O) groups is 1. The molecule has 0 aliphatic carbocycles. The number of fused-ring (bicyclic) bond motifs is 1. The van der Waals surface area contributed by atoms with Crippen molar-refractivity contribution in [2.45, 2.75) is 18.8 Å². The van der Waals surface area contributed by atoms with Gasteiger partial charge in [-0.3, -0.25) is 4.79 Å². The number of piperidine rings is 1. The van der Waals surface area contributed by atoms with E-state index in [1.54, 1.807) is 7.11 Å². The molecule has 1 aliphatic rings. The summed E-state index contributed by atoms with van der Waals surface area (Å²) in [6, 6.07) is 22.1. The number of rotatable bonds is 6. The molecular weight excluding hydrogens is 450 g/mol. The molecule has 0 radical (unpaired) electrons. The van der Waals surface area contributed by atoms with Crippen LogP contribution in [0.5, 0.6) is 5.75 Å². The van der Waals surface area contributed by atoms with Crippen molar-refractivity contribution in [3.63, 3.8) is 0 Å². The Morgan fingerprint density at radius 2 is 1.81 bits per heavy atom. The number of ether oxygens (including phenoxy) is 1. The quantitative estimate of drug-likeness (QED) is 0.383. The number of hydrogen-bond acceptors (Lipinski definition) is 5. The Morgan fingerprint density at radius 3 is 2.50 bits per heavy atom. The van der Waals surface area contributed by atoms with Crippen LogP contribution in [0, 0.1) is 0 Å². The molecule has 1 N–H and O–H groups in total. The van der Waals surface area contributed by atoms with Gasteiger partial charge in [0, 0.05) is 49.7 Å². The molecule has 1 unspecified atom stereocenters. The van der Waals surface area contributed by atoms with Gasteiger partial charge in [-0.05, 0) is 75.0 Å². The Morgan fingerprint density at radius 1 is 1.06 bits per heavy atom. The minimum absolute atomic E-state index is 0.474. The van der Waals surface area contributed by atoms with Gasteiger partial charge in [-0.25, -0.2) is 4.98 Å². The minimum atomic E-state index is 0.474. The number of aromatic nitrogens is 2. The van der Waals surface area contributed by atoms with Crippen LogP contribution >= 0.6 is 0 Å². The molecule has 2 aromatic heterocycles. The van der Waals surface area contributed by atoms with E-state index in [1.807, 2.05) is 61.5 Å². The third-order valence-corrected chi connectivity index (χ3v) is 6.54. The van der Waals surface area contributed by atoms with E-state index >= 15 is 0 Å². The maximum atomic E-state index is 10.1. The van der Waals surface area contributed by atoms with Gasteiger partial charge in [-0.2, -0.15) is 0 Å². The topological polar surface area (TPSA) is 62.1 Å². The average Bonchev–Trinajstić information content (AvgIpc) is 3.29. The van der Waals surface area contributed by atoms with Crippen LogP contribution in [-0.4, -0.2) is 62.0 Å². The SMILES string of the molecule is CN(C)c1ccc(NC=O)cc1.COc1ccccc1-c1nc(C2CCCN(C)C2)n2ccccc12. The second-order valence-corrected chi connectivity index (χ2v) is 9.28. The second kappa shape index (κ2) is 11.7. The summed E-state index contributed by atoms with van der Waals surface area (Å²) in [7, 11) is 7.86. The van der Waals surface area contributed by atoms with Gasteiger partial charge in [0.2, 0.25) is 6.41 Å². The van der Waals surface area contributed by atoms with Crippen LogP contribution in [-0.2, 0) is 4.79 Å². The Labute approximate surface area is 213 Å². The van der Waals surface area contributed by atoms with E-state index < -0.39 is 0 Å². The molecule has 36 heavy (non-hydrogen) atoms. The fraction of sp³-hybridized carbons (Fsp3) is 0.310. The lowest BCUT2D eigenvalue weighted by Gasteiger charge is -2.28. The maximum absolute atomic E-state index is 10.1. The van der Waals surface area contributed by atoms with Gasteiger partial charge in [0.25, 0.3) is 0 Å². The predicted octanol–water partition coefficient (Wildman–Crippen LogP) is 5.14. The van der Waals surface area contributed by atoms with Crippen LogP contribution < -0.4 is 15.0 Å². The van der Waals surface area contributed by atoms with Crippen molar-refractivity contribution in [1.82, 2.24) is 14.3 Å². The van der Waals surface area contributed by atoms with Crippen molar-refractivity contribution in [2.75, 3.05) is 51.6 Å². The van der Waals surface area contributed by atoms with E-state index in [0.29, 0.717) is 12.3 Å². The van der Waals surface area contributed by atoms with Gasteiger partial charge in [0.15, 0.2) is 0 Å². The van der Waals surface area contributed by atoms with Gasteiger partial charge < -0.3 is 24.3 Å². The van der Waals surface area contributed by atoms with E-state index in [1.165, 1.54) is 19.4 Å². The van der Waals surface area contributed by atoms with Crippen molar-refractivity contribution in [1.29, 1.82) is 0 Å². The molecule has 0 spiro atoms. The third-order valence-electron chi connectivity index (χ3n) is 6.54. The molecule has 3 heterocycles. The molecule has 1 saturated heterocycles. The normalized spacial score (nSPS) is 15.6. The summed E-state index contributed by atoms with van der Waals surface area (Å²) in [6.07, 6.45) is 5.23. The van der Waals surface area contributed by atoms with Crippen LogP contribution in [0.3, 0.4) is 0 Å².